The number of nitrogens with zero attached hydrogens (tertiary/aromatic N) is 5. The quantitative estimate of drug-likeness (QED) is 0.289. The van der Waals surface area contributed by atoms with Crippen LogP contribution < -0.4 is 10.1 Å². The molecular formula is C24H30N6O2S2. The lowest BCUT2D eigenvalue weighted by Crippen LogP contribution is -2.15. The van der Waals surface area contributed by atoms with Crippen LogP contribution in [0.1, 0.15) is 67.4 Å². The number of ether oxygens (including phenoxy) is 1. The fourth-order valence-corrected chi connectivity index (χ4v) is 5.72. The third-order valence-electron chi connectivity index (χ3n) is 5.70. The normalized spacial score (nSPS) is 15.1. The Bertz CT molecular complexity index is 1120. The van der Waals surface area contributed by atoms with Crippen molar-refractivity contribution < 1.29 is 9.53 Å². The van der Waals surface area contributed by atoms with Crippen LogP contribution in [0.15, 0.2) is 42.1 Å². The Morgan fingerprint density at radius 2 is 2.12 bits per heavy atom. The zero-order valence-electron chi connectivity index (χ0n) is 19.6. The molecule has 0 saturated heterocycles. The van der Waals surface area contributed by atoms with E-state index in [9.17, 15) is 4.79 Å². The number of carbonyl (C=O) groups is 1. The number of allylic oxidation sites excluding steroid dienone is 1. The van der Waals surface area contributed by atoms with Gasteiger partial charge in [-0.15, -0.1) is 27.0 Å². The van der Waals surface area contributed by atoms with Crippen LogP contribution in [0.4, 0.5) is 5.13 Å². The molecule has 1 aliphatic rings. The SMILES string of the molecule is C=CCn1c(SCC(=O)Nc2nnc(C3CCCCC3)s2)nnc1C(C)Oc1cccc(C)c1. The topological polar surface area (TPSA) is 94.8 Å². The van der Waals surface area contributed by atoms with Crippen molar-refractivity contribution in [1.29, 1.82) is 0 Å². The summed E-state index contributed by atoms with van der Waals surface area (Å²) in [5, 5.41) is 22.2. The molecule has 1 fully saturated rings. The summed E-state index contributed by atoms with van der Waals surface area (Å²) in [4.78, 5) is 12.6. The van der Waals surface area contributed by atoms with E-state index in [-0.39, 0.29) is 17.8 Å². The van der Waals surface area contributed by atoms with Gasteiger partial charge < -0.3 is 4.74 Å². The average Bonchev–Trinajstić information content (AvgIpc) is 3.46. The summed E-state index contributed by atoms with van der Waals surface area (Å²) < 4.78 is 8.01. The van der Waals surface area contributed by atoms with E-state index in [0.29, 0.717) is 28.6 Å². The molecule has 1 unspecified atom stereocenters. The number of aromatic nitrogens is 5. The molecular weight excluding hydrogens is 468 g/mol. The van der Waals surface area contributed by atoms with Crippen LogP contribution in [0, 0.1) is 6.92 Å². The van der Waals surface area contributed by atoms with Crippen molar-refractivity contribution in [3.05, 3.63) is 53.3 Å². The zero-order chi connectivity index (χ0) is 23.9. The first-order valence-corrected chi connectivity index (χ1v) is 13.4. The molecule has 10 heteroatoms. The summed E-state index contributed by atoms with van der Waals surface area (Å²) in [5.74, 6) is 1.99. The Morgan fingerprint density at radius 1 is 1.29 bits per heavy atom. The van der Waals surface area contributed by atoms with Gasteiger partial charge in [-0.2, -0.15) is 0 Å². The second-order valence-electron chi connectivity index (χ2n) is 8.43. The lowest BCUT2D eigenvalue weighted by atomic mass is 9.90. The number of rotatable bonds is 10. The van der Waals surface area contributed by atoms with Crippen molar-refractivity contribution >= 4 is 34.1 Å². The Balaban J connectivity index is 1.36. The number of amides is 1. The summed E-state index contributed by atoms with van der Waals surface area (Å²) in [7, 11) is 0. The van der Waals surface area contributed by atoms with Crippen LogP contribution in [-0.4, -0.2) is 36.6 Å². The van der Waals surface area contributed by atoms with Crippen LogP contribution in [0.3, 0.4) is 0 Å². The standard InChI is InChI=1S/C24H30N6O2S2/c1-4-13-30-21(17(3)32-19-12-8-9-16(2)14-19)26-29-24(30)33-15-20(31)25-23-28-27-22(34-23)18-10-6-5-7-11-18/h4,8-9,12,14,17-18H,1,5-7,10-11,13,15H2,2-3H3,(H,25,28,31). The highest BCUT2D eigenvalue weighted by Crippen LogP contribution is 2.35. The van der Waals surface area contributed by atoms with Crippen molar-refractivity contribution in [1.82, 2.24) is 25.0 Å². The molecule has 0 radical (unpaired) electrons. The predicted octanol–water partition coefficient (Wildman–Crippen LogP) is 5.54. The van der Waals surface area contributed by atoms with Gasteiger partial charge in [0.1, 0.15) is 10.8 Å². The molecule has 1 atom stereocenters. The molecule has 1 saturated carbocycles. The monoisotopic (exact) mass is 498 g/mol. The maximum atomic E-state index is 12.6. The van der Waals surface area contributed by atoms with E-state index in [1.807, 2.05) is 42.7 Å². The molecule has 1 N–H and O–H groups in total. The Hall–Kier alpha value is -2.72. The van der Waals surface area contributed by atoms with E-state index in [4.69, 9.17) is 4.74 Å². The van der Waals surface area contributed by atoms with Crippen LogP contribution >= 0.6 is 23.1 Å². The second kappa shape index (κ2) is 11.6. The van der Waals surface area contributed by atoms with Gasteiger partial charge in [0.05, 0.1) is 5.75 Å². The van der Waals surface area contributed by atoms with Gasteiger partial charge >= 0.3 is 0 Å². The van der Waals surface area contributed by atoms with Crippen molar-refractivity contribution in [2.45, 2.75) is 69.7 Å². The number of benzene rings is 1. The minimum atomic E-state index is -0.308. The summed E-state index contributed by atoms with van der Waals surface area (Å²) in [6.07, 6.45) is 7.57. The third kappa shape index (κ3) is 6.24. The first-order valence-electron chi connectivity index (χ1n) is 11.6. The smallest absolute Gasteiger partial charge is 0.236 e. The van der Waals surface area contributed by atoms with Gasteiger partial charge in [-0.05, 0) is 44.4 Å². The summed E-state index contributed by atoms with van der Waals surface area (Å²) >= 11 is 2.81. The number of hydrogen-bond acceptors (Lipinski definition) is 8. The minimum Gasteiger partial charge on any atom is -0.483 e. The van der Waals surface area contributed by atoms with Gasteiger partial charge in [-0.3, -0.25) is 14.7 Å². The predicted molar refractivity (Wildman–Crippen MR) is 136 cm³/mol. The third-order valence-corrected chi connectivity index (χ3v) is 7.66. The zero-order valence-corrected chi connectivity index (χ0v) is 21.2. The second-order valence-corrected chi connectivity index (χ2v) is 10.4. The maximum absolute atomic E-state index is 12.6. The molecule has 1 aliphatic carbocycles. The molecule has 2 heterocycles. The largest absolute Gasteiger partial charge is 0.483 e. The molecule has 4 rings (SSSR count). The molecule has 8 nitrogen and oxygen atoms in total. The van der Waals surface area contributed by atoms with E-state index >= 15 is 0 Å². The van der Waals surface area contributed by atoms with Gasteiger partial charge in [0.15, 0.2) is 17.1 Å². The van der Waals surface area contributed by atoms with E-state index in [1.54, 1.807) is 6.08 Å². The fraction of sp³-hybridized carbons (Fsp3) is 0.458. The van der Waals surface area contributed by atoms with Gasteiger partial charge in [0, 0.05) is 12.5 Å². The number of anilines is 1. The Labute approximate surface area is 208 Å². The molecule has 3 aromatic rings. The molecule has 34 heavy (non-hydrogen) atoms. The number of aryl methyl sites for hydroxylation is 1. The van der Waals surface area contributed by atoms with Gasteiger partial charge in [0.2, 0.25) is 11.0 Å². The van der Waals surface area contributed by atoms with Crippen molar-refractivity contribution in [3.63, 3.8) is 0 Å². The van der Waals surface area contributed by atoms with Gasteiger partial charge in [-0.1, -0.05) is 60.6 Å². The average molecular weight is 499 g/mol. The molecule has 0 bridgehead atoms. The lowest BCUT2D eigenvalue weighted by Gasteiger charge is -2.18. The number of hydrogen-bond donors (Lipinski definition) is 1. The van der Waals surface area contributed by atoms with Crippen molar-refractivity contribution in [2.24, 2.45) is 0 Å². The molecule has 1 aromatic carbocycles. The molecule has 0 aliphatic heterocycles. The number of thioether (sulfide) groups is 1. The van der Waals surface area contributed by atoms with Crippen LogP contribution in [0.5, 0.6) is 5.75 Å². The summed E-state index contributed by atoms with van der Waals surface area (Å²) in [5.41, 5.74) is 1.13. The fourth-order valence-electron chi connectivity index (χ4n) is 4.04. The summed E-state index contributed by atoms with van der Waals surface area (Å²) in [6, 6.07) is 7.89. The highest BCUT2D eigenvalue weighted by molar-refractivity contribution is 7.99. The van der Waals surface area contributed by atoms with E-state index < -0.39 is 0 Å². The van der Waals surface area contributed by atoms with Crippen LogP contribution in [-0.2, 0) is 11.3 Å². The van der Waals surface area contributed by atoms with Crippen molar-refractivity contribution in [3.8, 4) is 5.75 Å². The van der Waals surface area contributed by atoms with E-state index in [2.05, 4.69) is 32.3 Å². The maximum Gasteiger partial charge on any atom is 0.236 e. The van der Waals surface area contributed by atoms with Gasteiger partial charge in [-0.25, -0.2) is 0 Å². The number of carbonyl (C=O) groups excluding carboxylic acids is 1. The van der Waals surface area contributed by atoms with E-state index in [1.165, 1.54) is 42.4 Å². The summed E-state index contributed by atoms with van der Waals surface area (Å²) in [6.45, 7) is 8.33. The first-order chi connectivity index (χ1) is 16.5. The van der Waals surface area contributed by atoms with Crippen LogP contribution in [0.2, 0.25) is 0 Å². The van der Waals surface area contributed by atoms with Crippen molar-refractivity contribution in [2.75, 3.05) is 11.1 Å². The number of nitrogens with one attached hydrogen (secondary N) is 1. The Kier molecular flexibility index (Phi) is 8.34. The van der Waals surface area contributed by atoms with Gasteiger partial charge in [0.25, 0.3) is 0 Å². The van der Waals surface area contributed by atoms with Crippen LogP contribution in [0.25, 0.3) is 0 Å². The minimum absolute atomic E-state index is 0.143. The Morgan fingerprint density at radius 3 is 2.88 bits per heavy atom. The molecule has 2 aromatic heterocycles. The highest BCUT2D eigenvalue weighted by Gasteiger charge is 2.22. The first kappa shape index (κ1) is 24.4. The molecule has 1 amide bonds. The van der Waals surface area contributed by atoms with E-state index in [0.717, 1.165) is 29.2 Å². The highest BCUT2D eigenvalue weighted by atomic mass is 32.2. The molecule has 180 valence electrons. The molecule has 0 spiro atoms. The lowest BCUT2D eigenvalue weighted by molar-refractivity contribution is -0.113.